The van der Waals surface area contributed by atoms with Crippen LogP contribution >= 0.6 is 11.6 Å². The van der Waals surface area contributed by atoms with E-state index in [1.807, 2.05) is 18.2 Å². The maximum atomic E-state index is 12.7. The lowest BCUT2D eigenvalue weighted by atomic mass is 9.98. The number of carbonyl (C=O) groups excluding carboxylic acids is 1. The molecular formula is C16H16ClN3O. The van der Waals surface area contributed by atoms with Crippen LogP contribution in [0.15, 0.2) is 42.6 Å². The molecule has 0 saturated carbocycles. The fourth-order valence-electron chi connectivity index (χ4n) is 2.78. The standard InChI is InChI=1S/C16H16ClN3O/c17-12-5-6-14(19-9-12)16(21)20-10-11(7-8-18)13-3-1-2-4-15(13)20/h1-6,9,11H,7-8,10,18H2. The first-order valence-corrected chi connectivity index (χ1v) is 7.31. The molecule has 1 aromatic carbocycles. The second-order valence-electron chi connectivity index (χ2n) is 5.11. The fourth-order valence-corrected chi connectivity index (χ4v) is 2.89. The Hall–Kier alpha value is -1.91. The van der Waals surface area contributed by atoms with Gasteiger partial charge < -0.3 is 10.6 Å². The summed E-state index contributed by atoms with van der Waals surface area (Å²) >= 11 is 5.82. The van der Waals surface area contributed by atoms with Gasteiger partial charge in [-0.1, -0.05) is 29.8 Å². The largest absolute Gasteiger partial charge is 0.330 e. The van der Waals surface area contributed by atoms with Crippen molar-refractivity contribution in [2.45, 2.75) is 12.3 Å². The third-order valence-corrected chi connectivity index (χ3v) is 4.00. The molecule has 1 amide bonds. The van der Waals surface area contributed by atoms with Gasteiger partial charge in [0.15, 0.2) is 0 Å². The highest BCUT2D eigenvalue weighted by Crippen LogP contribution is 2.38. The van der Waals surface area contributed by atoms with E-state index in [1.165, 1.54) is 11.8 Å². The molecule has 4 nitrogen and oxygen atoms in total. The van der Waals surface area contributed by atoms with Crippen LogP contribution in [-0.2, 0) is 0 Å². The van der Waals surface area contributed by atoms with E-state index in [2.05, 4.69) is 11.1 Å². The first-order chi connectivity index (χ1) is 10.2. The molecule has 0 spiro atoms. The van der Waals surface area contributed by atoms with Crippen LogP contribution in [0.2, 0.25) is 5.02 Å². The van der Waals surface area contributed by atoms with Gasteiger partial charge in [-0.25, -0.2) is 4.98 Å². The lowest BCUT2D eigenvalue weighted by molar-refractivity contribution is 0.0983. The Labute approximate surface area is 128 Å². The van der Waals surface area contributed by atoms with Crippen LogP contribution < -0.4 is 10.6 Å². The number of halogens is 1. The number of benzene rings is 1. The molecule has 21 heavy (non-hydrogen) atoms. The fraction of sp³-hybridized carbons (Fsp3) is 0.250. The Morgan fingerprint density at radius 1 is 1.33 bits per heavy atom. The molecule has 0 radical (unpaired) electrons. The first kappa shape index (κ1) is 14.0. The quantitative estimate of drug-likeness (QED) is 0.948. The van der Waals surface area contributed by atoms with Crippen molar-refractivity contribution in [3.8, 4) is 0 Å². The summed E-state index contributed by atoms with van der Waals surface area (Å²) in [5.74, 6) is 0.195. The van der Waals surface area contributed by atoms with E-state index in [9.17, 15) is 4.79 Å². The van der Waals surface area contributed by atoms with Crippen LogP contribution in [-0.4, -0.2) is 24.0 Å². The molecule has 1 aromatic heterocycles. The smallest absolute Gasteiger partial charge is 0.276 e. The third kappa shape index (κ3) is 2.64. The van der Waals surface area contributed by atoms with Crippen molar-refractivity contribution in [3.05, 3.63) is 58.9 Å². The topological polar surface area (TPSA) is 59.2 Å². The van der Waals surface area contributed by atoms with Gasteiger partial charge in [0.05, 0.1) is 5.02 Å². The van der Waals surface area contributed by atoms with E-state index >= 15 is 0 Å². The number of nitrogens with two attached hydrogens (primary N) is 1. The summed E-state index contributed by atoms with van der Waals surface area (Å²) in [6.07, 6.45) is 2.36. The van der Waals surface area contributed by atoms with Crippen LogP contribution in [0.4, 0.5) is 5.69 Å². The number of para-hydroxylation sites is 1. The number of nitrogens with zero attached hydrogens (tertiary/aromatic N) is 2. The van der Waals surface area contributed by atoms with Gasteiger partial charge in [-0.2, -0.15) is 0 Å². The summed E-state index contributed by atoms with van der Waals surface area (Å²) in [5.41, 5.74) is 8.23. The van der Waals surface area contributed by atoms with Gasteiger partial charge in [-0.3, -0.25) is 4.79 Å². The zero-order chi connectivity index (χ0) is 14.8. The lowest BCUT2D eigenvalue weighted by Crippen LogP contribution is -2.30. The van der Waals surface area contributed by atoms with E-state index in [1.54, 1.807) is 17.0 Å². The predicted octanol–water partition coefficient (Wildman–Crippen LogP) is 2.83. The number of hydrogen-bond donors (Lipinski definition) is 1. The Balaban J connectivity index is 1.92. The molecule has 0 saturated heterocycles. The minimum absolute atomic E-state index is 0.0985. The molecule has 2 aromatic rings. The van der Waals surface area contributed by atoms with E-state index in [4.69, 9.17) is 17.3 Å². The van der Waals surface area contributed by atoms with E-state index in [0.29, 0.717) is 29.7 Å². The zero-order valence-corrected chi connectivity index (χ0v) is 12.3. The van der Waals surface area contributed by atoms with Crippen LogP contribution in [0, 0.1) is 0 Å². The summed E-state index contributed by atoms with van der Waals surface area (Å²) in [6, 6.07) is 11.3. The number of pyridine rings is 1. The van der Waals surface area contributed by atoms with Gasteiger partial charge in [0.2, 0.25) is 0 Å². The average Bonchev–Trinajstić information content (AvgIpc) is 2.87. The van der Waals surface area contributed by atoms with Gasteiger partial charge in [0, 0.05) is 24.3 Å². The Morgan fingerprint density at radius 2 is 2.14 bits per heavy atom. The second-order valence-corrected chi connectivity index (χ2v) is 5.55. The molecular weight excluding hydrogens is 286 g/mol. The van der Waals surface area contributed by atoms with Crippen molar-refractivity contribution in [1.82, 2.24) is 4.98 Å². The summed E-state index contributed by atoms with van der Waals surface area (Å²) in [6.45, 7) is 1.26. The van der Waals surface area contributed by atoms with Gasteiger partial charge in [-0.05, 0) is 36.7 Å². The van der Waals surface area contributed by atoms with Gasteiger partial charge in [0.25, 0.3) is 5.91 Å². The molecule has 0 fully saturated rings. The Bertz CT molecular complexity index is 657. The highest BCUT2D eigenvalue weighted by Gasteiger charge is 2.32. The average molecular weight is 302 g/mol. The molecule has 1 atom stereocenters. The van der Waals surface area contributed by atoms with Crippen molar-refractivity contribution < 1.29 is 4.79 Å². The summed E-state index contributed by atoms with van der Waals surface area (Å²) < 4.78 is 0. The van der Waals surface area contributed by atoms with Crippen molar-refractivity contribution >= 4 is 23.2 Å². The van der Waals surface area contributed by atoms with Crippen LogP contribution in [0.3, 0.4) is 0 Å². The predicted molar refractivity (Wildman–Crippen MR) is 83.8 cm³/mol. The minimum atomic E-state index is -0.0985. The monoisotopic (exact) mass is 301 g/mol. The minimum Gasteiger partial charge on any atom is -0.330 e. The number of rotatable bonds is 3. The Morgan fingerprint density at radius 3 is 2.86 bits per heavy atom. The number of hydrogen-bond acceptors (Lipinski definition) is 3. The van der Waals surface area contributed by atoms with E-state index in [-0.39, 0.29) is 5.91 Å². The number of amides is 1. The van der Waals surface area contributed by atoms with Crippen molar-refractivity contribution in [2.24, 2.45) is 5.73 Å². The van der Waals surface area contributed by atoms with Crippen LogP contribution in [0.5, 0.6) is 0 Å². The molecule has 2 N–H and O–H groups in total. The molecule has 3 rings (SSSR count). The highest BCUT2D eigenvalue weighted by molar-refractivity contribution is 6.30. The van der Waals surface area contributed by atoms with Crippen molar-refractivity contribution in [3.63, 3.8) is 0 Å². The molecule has 1 unspecified atom stereocenters. The summed E-state index contributed by atoms with van der Waals surface area (Å²) in [4.78, 5) is 18.6. The zero-order valence-electron chi connectivity index (χ0n) is 11.5. The summed E-state index contributed by atoms with van der Waals surface area (Å²) in [7, 11) is 0. The maximum Gasteiger partial charge on any atom is 0.276 e. The van der Waals surface area contributed by atoms with Gasteiger partial charge >= 0.3 is 0 Å². The van der Waals surface area contributed by atoms with Crippen molar-refractivity contribution in [1.29, 1.82) is 0 Å². The molecule has 5 heteroatoms. The third-order valence-electron chi connectivity index (χ3n) is 3.78. The molecule has 108 valence electrons. The van der Waals surface area contributed by atoms with E-state index in [0.717, 1.165) is 12.1 Å². The van der Waals surface area contributed by atoms with E-state index < -0.39 is 0 Å². The van der Waals surface area contributed by atoms with Crippen LogP contribution in [0.25, 0.3) is 0 Å². The molecule has 0 aliphatic carbocycles. The first-order valence-electron chi connectivity index (χ1n) is 6.93. The van der Waals surface area contributed by atoms with Gasteiger partial charge in [0.1, 0.15) is 5.69 Å². The molecule has 1 aliphatic heterocycles. The Kier molecular flexibility index (Phi) is 3.90. The van der Waals surface area contributed by atoms with Crippen molar-refractivity contribution in [2.75, 3.05) is 18.0 Å². The lowest BCUT2D eigenvalue weighted by Gasteiger charge is -2.17. The second kappa shape index (κ2) is 5.84. The maximum absolute atomic E-state index is 12.7. The van der Waals surface area contributed by atoms with Gasteiger partial charge in [-0.15, -0.1) is 0 Å². The number of anilines is 1. The SMILES string of the molecule is NCCC1CN(C(=O)c2ccc(Cl)cn2)c2ccccc21. The molecule has 1 aliphatic rings. The number of carbonyl (C=O) groups is 1. The van der Waals surface area contributed by atoms with Crippen LogP contribution in [0.1, 0.15) is 28.4 Å². The summed E-state index contributed by atoms with van der Waals surface area (Å²) in [5, 5.41) is 0.523. The molecule has 0 bridgehead atoms. The number of aromatic nitrogens is 1. The highest BCUT2D eigenvalue weighted by atomic mass is 35.5. The normalized spacial score (nSPS) is 16.9. The number of fused-ring (bicyclic) bond motifs is 1. The molecule has 2 heterocycles.